The van der Waals surface area contributed by atoms with E-state index in [0.29, 0.717) is 11.1 Å². The van der Waals surface area contributed by atoms with Gasteiger partial charge in [-0.2, -0.15) is 0 Å². The van der Waals surface area contributed by atoms with Crippen LogP contribution in [0.25, 0.3) is 11.1 Å². The molecule has 2 aromatic carbocycles. The third-order valence-corrected chi connectivity index (χ3v) is 4.09. The van der Waals surface area contributed by atoms with Gasteiger partial charge in [0.1, 0.15) is 0 Å². The Bertz CT molecular complexity index is 776. The molecule has 0 fully saturated rings. The Morgan fingerprint density at radius 2 is 1.80 bits per heavy atom. The van der Waals surface area contributed by atoms with Crippen molar-refractivity contribution in [2.45, 2.75) is 11.8 Å². The molecule has 0 aliphatic carbocycles. The lowest BCUT2D eigenvalue weighted by atomic mass is 9.98. The van der Waals surface area contributed by atoms with Crippen molar-refractivity contribution in [3.05, 3.63) is 53.6 Å². The number of benzene rings is 2. The number of carboxylic acid groups (broad SMARTS) is 1. The van der Waals surface area contributed by atoms with E-state index < -0.39 is 15.8 Å². The van der Waals surface area contributed by atoms with Crippen LogP contribution in [0, 0.1) is 6.92 Å². The summed E-state index contributed by atoms with van der Waals surface area (Å²) in [7, 11) is -3.32. The molecule has 20 heavy (non-hydrogen) atoms. The van der Waals surface area contributed by atoms with E-state index in [9.17, 15) is 18.3 Å². The van der Waals surface area contributed by atoms with Gasteiger partial charge in [0, 0.05) is 6.26 Å². The van der Waals surface area contributed by atoms with E-state index in [-0.39, 0.29) is 10.5 Å². The first-order chi connectivity index (χ1) is 9.29. The predicted molar refractivity (Wildman–Crippen MR) is 76.7 cm³/mol. The number of hydrogen-bond donors (Lipinski definition) is 1. The van der Waals surface area contributed by atoms with Crippen molar-refractivity contribution in [2.75, 3.05) is 6.26 Å². The molecule has 1 N–H and O–H groups in total. The minimum absolute atomic E-state index is 0.163. The van der Waals surface area contributed by atoms with Crippen molar-refractivity contribution in [3.8, 4) is 11.1 Å². The molecule has 2 aromatic rings. The highest BCUT2D eigenvalue weighted by atomic mass is 32.2. The van der Waals surface area contributed by atoms with Crippen LogP contribution in [0.4, 0.5) is 0 Å². The lowest BCUT2D eigenvalue weighted by Gasteiger charge is -2.09. The minimum atomic E-state index is -3.32. The summed E-state index contributed by atoms with van der Waals surface area (Å²) in [6, 6.07) is 11.4. The second kappa shape index (κ2) is 5.09. The van der Waals surface area contributed by atoms with Crippen molar-refractivity contribution >= 4 is 15.8 Å². The molecule has 0 amide bonds. The van der Waals surface area contributed by atoms with Gasteiger partial charge in [0.25, 0.3) is 0 Å². The first-order valence-electron chi connectivity index (χ1n) is 5.93. The van der Waals surface area contributed by atoms with Crippen LogP contribution < -0.4 is 0 Å². The SMILES string of the molecule is Cc1ccc(-c2cccc(S(C)(=O)=O)c2)c(C(=O)O)c1. The molecule has 0 atom stereocenters. The Labute approximate surface area is 117 Å². The highest BCUT2D eigenvalue weighted by molar-refractivity contribution is 7.90. The summed E-state index contributed by atoms with van der Waals surface area (Å²) in [5.74, 6) is -1.03. The molecular weight excluding hydrogens is 276 g/mol. The maximum atomic E-state index is 11.6. The highest BCUT2D eigenvalue weighted by Crippen LogP contribution is 2.27. The lowest BCUT2D eigenvalue weighted by Crippen LogP contribution is -2.01. The Morgan fingerprint density at radius 3 is 2.40 bits per heavy atom. The zero-order valence-corrected chi connectivity index (χ0v) is 11.9. The molecule has 0 radical (unpaired) electrons. The Balaban J connectivity index is 2.66. The Morgan fingerprint density at radius 1 is 1.10 bits per heavy atom. The summed E-state index contributed by atoms with van der Waals surface area (Å²) in [6.07, 6.45) is 1.12. The van der Waals surface area contributed by atoms with Gasteiger partial charge in [-0.15, -0.1) is 0 Å². The molecule has 0 spiro atoms. The largest absolute Gasteiger partial charge is 0.478 e. The highest BCUT2D eigenvalue weighted by Gasteiger charge is 2.14. The van der Waals surface area contributed by atoms with Gasteiger partial charge in [-0.3, -0.25) is 0 Å². The zero-order valence-electron chi connectivity index (χ0n) is 11.1. The molecule has 0 aliphatic rings. The van der Waals surface area contributed by atoms with E-state index in [1.807, 2.05) is 6.92 Å². The number of carboxylic acids is 1. The zero-order chi connectivity index (χ0) is 14.9. The topological polar surface area (TPSA) is 71.4 Å². The molecule has 104 valence electrons. The van der Waals surface area contributed by atoms with E-state index >= 15 is 0 Å². The second-order valence-electron chi connectivity index (χ2n) is 4.65. The lowest BCUT2D eigenvalue weighted by molar-refractivity contribution is 0.0697. The van der Waals surface area contributed by atoms with Crippen LogP contribution in [0.1, 0.15) is 15.9 Å². The van der Waals surface area contributed by atoms with Gasteiger partial charge in [0.05, 0.1) is 10.5 Å². The molecular formula is C15H14O4S. The van der Waals surface area contributed by atoms with Gasteiger partial charge in [-0.05, 0) is 36.2 Å². The molecule has 0 aromatic heterocycles. The number of rotatable bonds is 3. The van der Waals surface area contributed by atoms with Crippen LogP contribution in [0.15, 0.2) is 47.4 Å². The summed E-state index contributed by atoms with van der Waals surface area (Å²) >= 11 is 0. The predicted octanol–water partition coefficient (Wildman–Crippen LogP) is 2.76. The van der Waals surface area contributed by atoms with Gasteiger partial charge in [0.15, 0.2) is 9.84 Å². The van der Waals surface area contributed by atoms with Crippen LogP contribution in [0.2, 0.25) is 0 Å². The van der Waals surface area contributed by atoms with Crippen LogP contribution in [0.3, 0.4) is 0 Å². The molecule has 0 aliphatic heterocycles. The van der Waals surface area contributed by atoms with Crippen LogP contribution >= 0.6 is 0 Å². The standard InChI is InChI=1S/C15H14O4S/c1-10-6-7-13(14(8-10)15(16)17)11-4-3-5-12(9-11)20(2,18)19/h3-9H,1-2H3,(H,16,17). The fourth-order valence-electron chi connectivity index (χ4n) is 1.98. The van der Waals surface area contributed by atoms with Crippen LogP contribution in [-0.4, -0.2) is 25.7 Å². The molecule has 5 heteroatoms. The molecule has 0 saturated heterocycles. The molecule has 0 heterocycles. The van der Waals surface area contributed by atoms with Gasteiger partial charge in [-0.25, -0.2) is 13.2 Å². The van der Waals surface area contributed by atoms with Gasteiger partial charge in [0.2, 0.25) is 0 Å². The van der Waals surface area contributed by atoms with Crippen LogP contribution in [0.5, 0.6) is 0 Å². The summed E-state index contributed by atoms with van der Waals surface area (Å²) in [4.78, 5) is 11.5. The third kappa shape index (κ3) is 2.88. The average molecular weight is 290 g/mol. The molecule has 0 saturated carbocycles. The molecule has 0 bridgehead atoms. The fraction of sp³-hybridized carbons (Fsp3) is 0.133. The van der Waals surface area contributed by atoms with E-state index in [1.165, 1.54) is 12.1 Å². The first-order valence-corrected chi connectivity index (χ1v) is 7.82. The number of hydrogen-bond acceptors (Lipinski definition) is 3. The van der Waals surface area contributed by atoms with Crippen molar-refractivity contribution in [1.82, 2.24) is 0 Å². The Kier molecular flexibility index (Phi) is 3.63. The average Bonchev–Trinajstić information content (AvgIpc) is 2.37. The van der Waals surface area contributed by atoms with Gasteiger partial charge in [-0.1, -0.05) is 29.8 Å². The normalized spacial score (nSPS) is 11.3. The summed E-state index contributed by atoms with van der Waals surface area (Å²) in [6.45, 7) is 1.81. The Hall–Kier alpha value is -2.14. The van der Waals surface area contributed by atoms with E-state index in [0.717, 1.165) is 11.8 Å². The smallest absolute Gasteiger partial charge is 0.336 e. The monoisotopic (exact) mass is 290 g/mol. The number of aryl methyl sites for hydroxylation is 1. The van der Waals surface area contributed by atoms with E-state index in [4.69, 9.17) is 0 Å². The van der Waals surface area contributed by atoms with E-state index in [1.54, 1.807) is 30.3 Å². The molecule has 0 unspecified atom stereocenters. The fourth-order valence-corrected chi connectivity index (χ4v) is 2.65. The second-order valence-corrected chi connectivity index (χ2v) is 6.67. The number of carbonyl (C=O) groups is 1. The van der Waals surface area contributed by atoms with Crippen molar-refractivity contribution in [3.63, 3.8) is 0 Å². The summed E-state index contributed by atoms with van der Waals surface area (Å²) in [5.41, 5.74) is 2.08. The van der Waals surface area contributed by atoms with Crippen LogP contribution in [-0.2, 0) is 9.84 Å². The summed E-state index contributed by atoms with van der Waals surface area (Å²) in [5, 5.41) is 9.26. The van der Waals surface area contributed by atoms with Crippen molar-refractivity contribution in [2.24, 2.45) is 0 Å². The molecule has 2 rings (SSSR count). The number of sulfone groups is 1. The first kappa shape index (κ1) is 14.3. The number of aromatic carboxylic acids is 1. The molecule has 4 nitrogen and oxygen atoms in total. The van der Waals surface area contributed by atoms with E-state index in [2.05, 4.69) is 0 Å². The van der Waals surface area contributed by atoms with Gasteiger partial charge >= 0.3 is 5.97 Å². The van der Waals surface area contributed by atoms with Crippen molar-refractivity contribution < 1.29 is 18.3 Å². The van der Waals surface area contributed by atoms with Gasteiger partial charge < -0.3 is 5.11 Å². The third-order valence-electron chi connectivity index (χ3n) is 2.98. The quantitative estimate of drug-likeness (QED) is 0.943. The van der Waals surface area contributed by atoms with Crippen molar-refractivity contribution in [1.29, 1.82) is 0 Å². The minimum Gasteiger partial charge on any atom is -0.478 e. The summed E-state index contributed by atoms with van der Waals surface area (Å²) < 4.78 is 23.1. The maximum absolute atomic E-state index is 11.6. The maximum Gasteiger partial charge on any atom is 0.336 e.